The molecule has 2 N–H and O–H groups in total. The van der Waals surface area contributed by atoms with Crippen LogP contribution in [0.15, 0.2) is 54.6 Å². The molecule has 0 aliphatic heterocycles. The van der Waals surface area contributed by atoms with Crippen molar-refractivity contribution in [3.63, 3.8) is 0 Å². The molecule has 0 radical (unpaired) electrons. The Kier molecular flexibility index (Phi) is 6.42. The fourth-order valence-corrected chi connectivity index (χ4v) is 3.02. The number of benzene rings is 2. The summed E-state index contributed by atoms with van der Waals surface area (Å²) in [4.78, 5) is 11.2. The summed E-state index contributed by atoms with van der Waals surface area (Å²) < 4.78 is 13.8. The second kappa shape index (κ2) is 9.17. The van der Waals surface area contributed by atoms with Gasteiger partial charge in [-0.15, -0.1) is 0 Å². The molecule has 0 fully saturated rings. The van der Waals surface area contributed by atoms with Crippen LogP contribution in [-0.4, -0.2) is 23.1 Å². The van der Waals surface area contributed by atoms with E-state index in [2.05, 4.69) is 51.5 Å². The van der Waals surface area contributed by atoms with Crippen LogP contribution in [0, 0.1) is 12.7 Å². The third kappa shape index (κ3) is 4.97. The number of halogens is 1. The first-order chi connectivity index (χ1) is 13.6. The first-order valence-corrected chi connectivity index (χ1v) is 9.54. The van der Waals surface area contributed by atoms with Gasteiger partial charge in [0.15, 0.2) is 0 Å². The zero-order chi connectivity index (χ0) is 19.9. The van der Waals surface area contributed by atoms with Crippen LogP contribution >= 0.6 is 0 Å². The Labute approximate surface area is 165 Å². The molecule has 0 spiro atoms. The van der Waals surface area contributed by atoms with Crippen LogP contribution < -0.4 is 15.5 Å². The van der Waals surface area contributed by atoms with Gasteiger partial charge in [-0.25, -0.2) is 9.37 Å². The lowest BCUT2D eigenvalue weighted by molar-refractivity contribution is 0.613. The van der Waals surface area contributed by atoms with Crippen molar-refractivity contribution < 1.29 is 4.39 Å². The molecule has 6 heteroatoms. The Morgan fingerprint density at radius 1 is 0.964 bits per heavy atom. The molecule has 1 heterocycles. The average Bonchev–Trinajstić information content (AvgIpc) is 2.69. The zero-order valence-corrected chi connectivity index (χ0v) is 16.5. The Balaban J connectivity index is 1.70. The Hall–Kier alpha value is -3.15. The molecule has 1 aromatic heterocycles. The minimum atomic E-state index is -0.229. The normalized spacial score (nSPS) is 10.6. The molecule has 0 aliphatic carbocycles. The van der Waals surface area contributed by atoms with Crippen LogP contribution in [0.4, 0.5) is 27.5 Å². The van der Waals surface area contributed by atoms with E-state index < -0.39 is 0 Å². The first kappa shape index (κ1) is 19.6. The summed E-state index contributed by atoms with van der Waals surface area (Å²) in [5, 5.41) is 6.41. The minimum absolute atomic E-state index is 0.229. The number of aromatic nitrogens is 2. The van der Waals surface area contributed by atoms with Crippen molar-refractivity contribution in [3.05, 3.63) is 71.7 Å². The fraction of sp³-hybridized carbons (Fsp3) is 0.273. The van der Waals surface area contributed by atoms with Crippen molar-refractivity contribution in [2.24, 2.45) is 0 Å². The third-order valence-corrected chi connectivity index (χ3v) is 4.52. The minimum Gasteiger partial charge on any atom is -0.372 e. The van der Waals surface area contributed by atoms with Gasteiger partial charge in [0.05, 0.1) is 0 Å². The molecule has 0 atom stereocenters. The monoisotopic (exact) mass is 379 g/mol. The lowest BCUT2D eigenvalue weighted by atomic mass is 10.2. The first-order valence-electron chi connectivity index (χ1n) is 9.54. The van der Waals surface area contributed by atoms with Crippen LogP contribution in [0.2, 0.25) is 0 Å². The van der Waals surface area contributed by atoms with E-state index in [9.17, 15) is 4.39 Å². The van der Waals surface area contributed by atoms with Crippen LogP contribution in [-0.2, 0) is 6.54 Å². The fourth-order valence-electron chi connectivity index (χ4n) is 3.02. The van der Waals surface area contributed by atoms with Crippen LogP contribution in [0.5, 0.6) is 0 Å². The molecule has 146 valence electrons. The van der Waals surface area contributed by atoms with Crippen molar-refractivity contribution >= 4 is 23.1 Å². The molecule has 28 heavy (non-hydrogen) atoms. The van der Waals surface area contributed by atoms with Gasteiger partial charge in [0, 0.05) is 48.3 Å². The van der Waals surface area contributed by atoms with E-state index in [0.717, 1.165) is 24.5 Å². The van der Waals surface area contributed by atoms with Gasteiger partial charge in [-0.1, -0.05) is 18.2 Å². The number of nitrogens with one attached hydrogen (secondary N) is 2. The second-order valence-electron chi connectivity index (χ2n) is 6.51. The van der Waals surface area contributed by atoms with E-state index in [1.165, 1.54) is 11.8 Å². The summed E-state index contributed by atoms with van der Waals surface area (Å²) in [5.74, 6) is 0.928. The van der Waals surface area contributed by atoms with Crippen molar-refractivity contribution in [3.8, 4) is 0 Å². The summed E-state index contributed by atoms with van der Waals surface area (Å²) in [6.45, 7) is 8.51. The third-order valence-electron chi connectivity index (χ3n) is 4.52. The highest BCUT2D eigenvalue weighted by Gasteiger charge is 2.06. The van der Waals surface area contributed by atoms with Crippen LogP contribution in [0.25, 0.3) is 0 Å². The number of anilines is 4. The van der Waals surface area contributed by atoms with Gasteiger partial charge in [-0.05, 0) is 51.1 Å². The molecule has 0 bridgehead atoms. The maximum atomic E-state index is 13.8. The van der Waals surface area contributed by atoms with E-state index in [4.69, 9.17) is 0 Å². The lowest BCUT2D eigenvalue weighted by Gasteiger charge is -2.21. The molecule has 0 aliphatic rings. The van der Waals surface area contributed by atoms with Gasteiger partial charge < -0.3 is 15.5 Å². The van der Waals surface area contributed by atoms with Crippen LogP contribution in [0.3, 0.4) is 0 Å². The molecule has 5 nitrogen and oxygen atoms in total. The zero-order valence-electron chi connectivity index (χ0n) is 16.5. The van der Waals surface area contributed by atoms with Gasteiger partial charge in [0.2, 0.25) is 5.95 Å². The summed E-state index contributed by atoms with van der Waals surface area (Å²) >= 11 is 0. The molecular weight excluding hydrogens is 353 g/mol. The van der Waals surface area contributed by atoms with Gasteiger partial charge in [-0.2, -0.15) is 4.98 Å². The van der Waals surface area contributed by atoms with Gasteiger partial charge >= 0.3 is 0 Å². The summed E-state index contributed by atoms with van der Waals surface area (Å²) in [6, 6.07) is 16.8. The molecular formula is C22H26FN5. The topological polar surface area (TPSA) is 53.1 Å². The highest BCUT2D eigenvalue weighted by atomic mass is 19.1. The number of aryl methyl sites for hydroxylation is 1. The van der Waals surface area contributed by atoms with E-state index in [-0.39, 0.29) is 5.82 Å². The lowest BCUT2D eigenvalue weighted by Crippen LogP contribution is -2.21. The summed E-state index contributed by atoms with van der Waals surface area (Å²) in [6.07, 6.45) is 0. The van der Waals surface area contributed by atoms with Gasteiger partial charge in [0.25, 0.3) is 0 Å². The highest BCUT2D eigenvalue weighted by Crippen LogP contribution is 2.21. The maximum absolute atomic E-state index is 13.8. The molecule has 2 aromatic carbocycles. The second-order valence-corrected chi connectivity index (χ2v) is 6.51. The number of nitrogens with zero attached hydrogens (tertiary/aromatic N) is 3. The van der Waals surface area contributed by atoms with Crippen molar-refractivity contribution in [1.29, 1.82) is 0 Å². The van der Waals surface area contributed by atoms with E-state index in [1.54, 1.807) is 12.1 Å². The molecule has 0 unspecified atom stereocenters. The Bertz CT molecular complexity index is 907. The van der Waals surface area contributed by atoms with E-state index in [0.29, 0.717) is 23.9 Å². The molecule has 0 amide bonds. The number of hydrogen-bond acceptors (Lipinski definition) is 5. The highest BCUT2D eigenvalue weighted by molar-refractivity contribution is 5.60. The summed E-state index contributed by atoms with van der Waals surface area (Å²) in [5.41, 5.74) is 3.53. The Morgan fingerprint density at radius 3 is 2.36 bits per heavy atom. The predicted octanol–water partition coefficient (Wildman–Crippen LogP) is 5.13. The quantitative estimate of drug-likeness (QED) is 0.568. The smallest absolute Gasteiger partial charge is 0.229 e. The van der Waals surface area contributed by atoms with Crippen molar-refractivity contribution in [1.82, 2.24) is 9.97 Å². The standard InChI is InChI=1S/C22H26FN5/c1-4-28(5-2)19-12-10-18(11-13-19)26-22-25-16(3)14-21(27-22)24-15-17-8-6-7-9-20(17)23/h6-14H,4-5,15H2,1-3H3,(H2,24,25,26,27). The van der Waals surface area contributed by atoms with E-state index >= 15 is 0 Å². The molecule has 0 saturated carbocycles. The number of hydrogen-bond donors (Lipinski definition) is 2. The Morgan fingerprint density at radius 2 is 1.68 bits per heavy atom. The summed E-state index contributed by atoms with van der Waals surface area (Å²) in [7, 11) is 0. The predicted molar refractivity (Wildman–Crippen MR) is 114 cm³/mol. The van der Waals surface area contributed by atoms with Gasteiger partial charge in [0.1, 0.15) is 11.6 Å². The van der Waals surface area contributed by atoms with Crippen LogP contribution in [0.1, 0.15) is 25.1 Å². The van der Waals surface area contributed by atoms with Crippen molar-refractivity contribution in [2.75, 3.05) is 28.6 Å². The largest absolute Gasteiger partial charge is 0.372 e. The average molecular weight is 379 g/mol. The van der Waals surface area contributed by atoms with Gasteiger partial charge in [-0.3, -0.25) is 0 Å². The molecule has 3 rings (SSSR count). The van der Waals surface area contributed by atoms with E-state index in [1.807, 2.05) is 31.2 Å². The number of rotatable bonds is 8. The molecule has 0 saturated heterocycles. The maximum Gasteiger partial charge on any atom is 0.229 e. The van der Waals surface area contributed by atoms with Crippen molar-refractivity contribution in [2.45, 2.75) is 27.3 Å². The SMILES string of the molecule is CCN(CC)c1ccc(Nc2nc(C)cc(NCc3ccccc3F)n2)cc1. The molecule has 3 aromatic rings.